The Hall–Kier alpha value is -0.640. The Bertz CT molecular complexity index is 386. The predicted octanol–water partition coefficient (Wildman–Crippen LogP) is 2.30. The molecule has 3 nitrogen and oxygen atoms in total. The molecule has 3 aliphatic rings. The van der Waals surface area contributed by atoms with Gasteiger partial charge in [-0.3, -0.25) is 0 Å². The largest absolute Gasteiger partial charge is 0.357 e. The van der Waals surface area contributed by atoms with E-state index in [2.05, 4.69) is 14.7 Å². The molecule has 0 aliphatic heterocycles. The highest BCUT2D eigenvalue weighted by Gasteiger charge is 2.65. The summed E-state index contributed by atoms with van der Waals surface area (Å²) in [7, 11) is 0. The van der Waals surface area contributed by atoms with Crippen molar-refractivity contribution in [2.75, 3.05) is 5.32 Å². The Balaban J connectivity index is 1.50. The van der Waals surface area contributed by atoms with Gasteiger partial charge in [0.1, 0.15) is 5.82 Å². The van der Waals surface area contributed by atoms with E-state index in [1.165, 1.54) is 30.8 Å². The van der Waals surface area contributed by atoms with Crippen LogP contribution in [0.2, 0.25) is 0 Å². The average molecular weight is 221 g/mol. The summed E-state index contributed by atoms with van der Waals surface area (Å²) in [6.07, 6.45) is 4.49. The molecule has 4 rings (SSSR count). The van der Waals surface area contributed by atoms with Gasteiger partial charge < -0.3 is 5.32 Å². The molecule has 80 valence electrons. The summed E-state index contributed by atoms with van der Waals surface area (Å²) in [5, 5.41) is 4.62. The van der Waals surface area contributed by atoms with Gasteiger partial charge in [0.2, 0.25) is 5.13 Å². The number of aromatic nitrogens is 2. The molecule has 0 saturated heterocycles. The lowest BCUT2D eigenvalue weighted by atomic mass is 10.0. The highest BCUT2D eigenvalue weighted by molar-refractivity contribution is 7.09. The van der Waals surface area contributed by atoms with E-state index in [0.717, 1.165) is 40.7 Å². The van der Waals surface area contributed by atoms with Crippen LogP contribution in [-0.4, -0.2) is 15.4 Å². The highest BCUT2D eigenvalue weighted by Crippen LogP contribution is 2.66. The van der Waals surface area contributed by atoms with Gasteiger partial charge in [0.05, 0.1) is 0 Å². The van der Waals surface area contributed by atoms with Gasteiger partial charge in [0, 0.05) is 17.6 Å². The summed E-state index contributed by atoms with van der Waals surface area (Å²) < 4.78 is 4.21. The van der Waals surface area contributed by atoms with Crippen LogP contribution in [0.15, 0.2) is 0 Å². The van der Waals surface area contributed by atoms with E-state index < -0.39 is 0 Å². The van der Waals surface area contributed by atoms with Gasteiger partial charge in [-0.25, -0.2) is 4.98 Å². The first-order valence-corrected chi connectivity index (χ1v) is 6.67. The van der Waals surface area contributed by atoms with E-state index >= 15 is 0 Å². The van der Waals surface area contributed by atoms with Crippen molar-refractivity contribution >= 4 is 16.7 Å². The number of hydrogen-bond donors (Lipinski definition) is 1. The summed E-state index contributed by atoms with van der Waals surface area (Å²) in [6.45, 7) is 1.96. The molecule has 0 aromatic carbocycles. The second-order valence-corrected chi connectivity index (χ2v) is 6.06. The quantitative estimate of drug-likeness (QED) is 0.832. The Kier molecular flexibility index (Phi) is 1.55. The number of nitrogens with one attached hydrogen (secondary N) is 1. The molecule has 0 spiro atoms. The van der Waals surface area contributed by atoms with Crippen molar-refractivity contribution in [1.29, 1.82) is 0 Å². The lowest BCUT2D eigenvalue weighted by molar-refractivity contribution is 0.456. The first-order chi connectivity index (χ1) is 7.33. The summed E-state index contributed by atoms with van der Waals surface area (Å²) in [6, 6.07) is 0.739. The minimum absolute atomic E-state index is 0.739. The molecule has 15 heavy (non-hydrogen) atoms. The summed E-state index contributed by atoms with van der Waals surface area (Å²) in [4.78, 5) is 4.38. The zero-order chi connectivity index (χ0) is 9.99. The van der Waals surface area contributed by atoms with Gasteiger partial charge in [0.15, 0.2) is 0 Å². The van der Waals surface area contributed by atoms with Crippen LogP contribution in [0.4, 0.5) is 5.13 Å². The number of rotatable bonds is 2. The van der Waals surface area contributed by atoms with E-state index in [-0.39, 0.29) is 0 Å². The van der Waals surface area contributed by atoms with Crippen LogP contribution in [0.5, 0.6) is 0 Å². The van der Waals surface area contributed by atoms with Crippen molar-refractivity contribution in [1.82, 2.24) is 9.36 Å². The van der Waals surface area contributed by atoms with Crippen LogP contribution in [-0.2, 0) is 0 Å². The van der Waals surface area contributed by atoms with E-state index in [4.69, 9.17) is 0 Å². The summed E-state index contributed by atoms with van der Waals surface area (Å²) in [5.41, 5.74) is 0. The molecule has 3 fully saturated rings. The first-order valence-electron chi connectivity index (χ1n) is 5.90. The molecule has 4 atom stereocenters. The lowest BCUT2D eigenvalue weighted by Gasteiger charge is -2.08. The van der Waals surface area contributed by atoms with Gasteiger partial charge >= 0.3 is 0 Å². The van der Waals surface area contributed by atoms with Crippen LogP contribution >= 0.6 is 11.5 Å². The number of fused-ring (bicyclic) bond motifs is 5. The van der Waals surface area contributed by atoms with Crippen molar-refractivity contribution in [3.05, 3.63) is 5.82 Å². The monoisotopic (exact) mass is 221 g/mol. The maximum Gasteiger partial charge on any atom is 0.202 e. The smallest absolute Gasteiger partial charge is 0.202 e. The van der Waals surface area contributed by atoms with Gasteiger partial charge in [-0.15, -0.1) is 0 Å². The van der Waals surface area contributed by atoms with Gasteiger partial charge in [-0.2, -0.15) is 4.37 Å². The molecule has 3 aliphatic carbocycles. The van der Waals surface area contributed by atoms with E-state index in [0.29, 0.717) is 0 Å². The number of nitrogens with zero attached hydrogens (tertiary/aromatic N) is 2. The molecule has 3 saturated carbocycles. The SMILES string of the molecule is Cc1nsc(NC2C3C4CCC(C4)C23)n1. The normalized spacial score (nSPS) is 45.5. The Morgan fingerprint density at radius 1 is 1.27 bits per heavy atom. The van der Waals surface area contributed by atoms with Crippen LogP contribution in [0.1, 0.15) is 25.1 Å². The third kappa shape index (κ3) is 1.11. The molecule has 1 heterocycles. The van der Waals surface area contributed by atoms with Crippen LogP contribution in [0.25, 0.3) is 0 Å². The van der Waals surface area contributed by atoms with Gasteiger partial charge in [-0.1, -0.05) is 0 Å². The molecular weight excluding hydrogens is 206 g/mol. The number of anilines is 1. The van der Waals surface area contributed by atoms with Crippen molar-refractivity contribution in [2.24, 2.45) is 23.7 Å². The predicted molar refractivity (Wildman–Crippen MR) is 59.9 cm³/mol. The number of aryl methyl sites for hydroxylation is 1. The third-order valence-electron chi connectivity index (χ3n) is 4.55. The first kappa shape index (κ1) is 8.50. The fourth-order valence-corrected chi connectivity index (χ4v) is 4.64. The molecular formula is C11H15N3S. The second kappa shape index (κ2) is 2.73. The zero-order valence-corrected chi connectivity index (χ0v) is 9.63. The zero-order valence-electron chi connectivity index (χ0n) is 8.81. The average Bonchev–Trinajstić information content (AvgIpc) is 2.62. The molecule has 0 amide bonds. The lowest BCUT2D eigenvalue weighted by Crippen LogP contribution is -2.12. The second-order valence-electron chi connectivity index (χ2n) is 5.30. The van der Waals surface area contributed by atoms with Crippen molar-refractivity contribution in [3.63, 3.8) is 0 Å². The fraction of sp³-hybridized carbons (Fsp3) is 0.818. The minimum Gasteiger partial charge on any atom is -0.357 e. The maximum atomic E-state index is 4.38. The molecule has 1 aromatic heterocycles. The number of hydrogen-bond acceptors (Lipinski definition) is 4. The van der Waals surface area contributed by atoms with E-state index in [1.54, 1.807) is 0 Å². The fourth-order valence-electron chi connectivity index (χ4n) is 4.02. The minimum atomic E-state index is 0.739. The Labute approximate surface area is 93.5 Å². The Morgan fingerprint density at radius 3 is 2.60 bits per heavy atom. The standard InChI is InChI=1S/C11H15N3S/c1-5-12-11(15-14-5)13-10-8-6-2-3-7(4-6)9(8)10/h6-10H,2-4H2,1H3,(H,12,13,14). The molecule has 0 radical (unpaired) electrons. The van der Waals surface area contributed by atoms with Crippen molar-refractivity contribution in [2.45, 2.75) is 32.2 Å². The van der Waals surface area contributed by atoms with Crippen LogP contribution < -0.4 is 5.32 Å². The third-order valence-corrected chi connectivity index (χ3v) is 5.29. The van der Waals surface area contributed by atoms with Gasteiger partial charge in [-0.05, 0) is 49.9 Å². The van der Waals surface area contributed by atoms with Crippen molar-refractivity contribution < 1.29 is 0 Å². The van der Waals surface area contributed by atoms with Crippen LogP contribution in [0.3, 0.4) is 0 Å². The molecule has 4 unspecified atom stereocenters. The maximum absolute atomic E-state index is 4.38. The topological polar surface area (TPSA) is 37.8 Å². The van der Waals surface area contributed by atoms with E-state index in [1.807, 2.05) is 6.92 Å². The molecule has 1 N–H and O–H groups in total. The van der Waals surface area contributed by atoms with Crippen molar-refractivity contribution in [3.8, 4) is 0 Å². The van der Waals surface area contributed by atoms with E-state index in [9.17, 15) is 0 Å². The summed E-state index contributed by atoms with van der Waals surface area (Å²) in [5.74, 6) is 4.93. The Morgan fingerprint density at radius 2 is 2.00 bits per heavy atom. The van der Waals surface area contributed by atoms with Crippen LogP contribution in [0, 0.1) is 30.6 Å². The summed E-state index contributed by atoms with van der Waals surface area (Å²) >= 11 is 1.51. The highest BCUT2D eigenvalue weighted by atomic mass is 32.1. The molecule has 2 bridgehead atoms. The molecule has 4 heteroatoms. The van der Waals surface area contributed by atoms with Gasteiger partial charge in [0.25, 0.3) is 0 Å². The molecule has 1 aromatic rings.